The predicted molar refractivity (Wildman–Crippen MR) is 68.6 cm³/mol. The van der Waals surface area contributed by atoms with Gasteiger partial charge >= 0.3 is 0 Å². The molecule has 1 heterocycles. The van der Waals surface area contributed by atoms with Crippen LogP contribution in [0.15, 0.2) is 24.3 Å². The second kappa shape index (κ2) is 6.76. The van der Waals surface area contributed by atoms with E-state index in [1.54, 1.807) is 24.3 Å². The number of nitrogens with zero attached hydrogens (tertiary/aromatic N) is 1. The number of hydrogen-bond acceptors (Lipinski definition) is 4. The van der Waals surface area contributed by atoms with Crippen LogP contribution in [0.3, 0.4) is 0 Å². The van der Waals surface area contributed by atoms with E-state index in [4.69, 9.17) is 14.7 Å². The number of nitrogens with one attached hydrogen (secondary N) is 1. The van der Waals surface area contributed by atoms with Gasteiger partial charge in [0.1, 0.15) is 11.8 Å². The molecule has 1 aliphatic heterocycles. The molecular formula is C14H16N2O3. The highest BCUT2D eigenvalue weighted by molar-refractivity contribution is 5.78. The van der Waals surface area contributed by atoms with Crippen LogP contribution in [0.1, 0.15) is 18.4 Å². The summed E-state index contributed by atoms with van der Waals surface area (Å²) in [7, 11) is 0. The van der Waals surface area contributed by atoms with Crippen molar-refractivity contribution >= 4 is 5.91 Å². The molecule has 5 nitrogen and oxygen atoms in total. The third kappa shape index (κ3) is 3.97. The fourth-order valence-corrected chi connectivity index (χ4v) is 1.95. The Labute approximate surface area is 112 Å². The lowest BCUT2D eigenvalue weighted by molar-refractivity contribution is -0.124. The monoisotopic (exact) mass is 260 g/mol. The Hall–Kier alpha value is -2.06. The fraction of sp³-hybridized carbons (Fsp3) is 0.429. The topological polar surface area (TPSA) is 71.3 Å². The standard InChI is InChI=1S/C14H16N2O3/c15-8-11-4-1-2-6-13(11)19-10-14(17)16-12-5-3-7-18-9-12/h1-2,4,6,12H,3,5,7,9-10H2,(H,16,17). The van der Waals surface area contributed by atoms with Crippen LogP contribution in [0.25, 0.3) is 0 Å². The number of ether oxygens (including phenoxy) is 2. The van der Waals surface area contributed by atoms with E-state index in [0.29, 0.717) is 17.9 Å². The van der Waals surface area contributed by atoms with Gasteiger partial charge in [-0.3, -0.25) is 4.79 Å². The largest absolute Gasteiger partial charge is 0.482 e. The Morgan fingerprint density at radius 2 is 2.37 bits per heavy atom. The van der Waals surface area contributed by atoms with Gasteiger partial charge in [0.15, 0.2) is 6.61 Å². The highest BCUT2D eigenvalue weighted by atomic mass is 16.5. The maximum absolute atomic E-state index is 11.7. The Bertz CT molecular complexity index is 476. The molecule has 0 spiro atoms. The Morgan fingerprint density at radius 1 is 1.53 bits per heavy atom. The molecule has 0 aliphatic carbocycles. The minimum atomic E-state index is -0.191. The summed E-state index contributed by atoms with van der Waals surface area (Å²) in [4.78, 5) is 11.7. The van der Waals surface area contributed by atoms with Crippen LogP contribution in [0.2, 0.25) is 0 Å². The minimum absolute atomic E-state index is 0.0658. The molecule has 1 N–H and O–H groups in total. The van der Waals surface area contributed by atoms with E-state index in [9.17, 15) is 4.79 Å². The summed E-state index contributed by atoms with van der Waals surface area (Å²) in [5.41, 5.74) is 0.427. The summed E-state index contributed by atoms with van der Waals surface area (Å²) in [6, 6.07) is 8.94. The molecule has 1 saturated heterocycles. The van der Waals surface area contributed by atoms with E-state index in [1.807, 2.05) is 6.07 Å². The van der Waals surface area contributed by atoms with Crippen LogP contribution in [-0.2, 0) is 9.53 Å². The molecule has 100 valence electrons. The van der Waals surface area contributed by atoms with E-state index >= 15 is 0 Å². The lowest BCUT2D eigenvalue weighted by Gasteiger charge is -2.23. The normalized spacial score (nSPS) is 18.4. The summed E-state index contributed by atoms with van der Waals surface area (Å²) < 4.78 is 10.6. The van der Waals surface area contributed by atoms with Crippen molar-refractivity contribution in [1.29, 1.82) is 5.26 Å². The quantitative estimate of drug-likeness (QED) is 0.884. The molecule has 0 saturated carbocycles. The second-order valence-electron chi connectivity index (χ2n) is 4.38. The zero-order valence-electron chi connectivity index (χ0n) is 10.6. The van der Waals surface area contributed by atoms with Gasteiger partial charge in [-0.15, -0.1) is 0 Å². The van der Waals surface area contributed by atoms with Crippen molar-refractivity contribution in [3.05, 3.63) is 29.8 Å². The van der Waals surface area contributed by atoms with Gasteiger partial charge in [-0.25, -0.2) is 0 Å². The van der Waals surface area contributed by atoms with Crippen LogP contribution in [0.5, 0.6) is 5.75 Å². The van der Waals surface area contributed by atoms with Crippen molar-refractivity contribution in [3.63, 3.8) is 0 Å². The first-order valence-corrected chi connectivity index (χ1v) is 6.28. The first-order chi connectivity index (χ1) is 9.29. The molecule has 1 atom stereocenters. The highest BCUT2D eigenvalue weighted by Crippen LogP contribution is 2.16. The van der Waals surface area contributed by atoms with Gasteiger partial charge in [0.25, 0.3) is 5.91 Å². The maximum atomic E-state index is 11.7. The van der Waals surface area contributed by atoms with Crippen LogP contribution in [0.4, 0.5) is 0 Å². The van der Waals surface area contributed by atoms with Gasteiger partial charge in [0.2, 0.25) is 0 Å². The van der Waals surface area contributed by atoms with Crippen molar-refractivity contribution in [2.45, 2.75) is 18.9 Å². The summed E-state index contributed by atoms with van der Waals surface area (Å²) in [6.07, 6.45) is 1.89. The molecular weight excluding hydrogens is 244 g/mol. The molecule has 0 aromatic heterocycles. The average molecular weight is 260 g/mol. The number of hydrogen-bond donors (Lipinski definition) is 1. The lowest BCUT2D eigenvalue weighted by atomic mass is 10.1. The summed E-state index contributed by atoms with van der Waals surface area (Å²) >= 11 is 0. The van der Waals surface area contributed by atoms with E-state index in [1.165, 1.54) is 0 Å². The third-order valence-electron chi connectivity index (χ3n) is 2.89. The summed E-state index contributed by atoms with van der Waals surface area (Å²) in [5, 5.41) is 11.8. The smallest absolute Gasteiger partial charge is 0.258 e. The molecule has 0 radical (unpaired) electrons. The third-order valence-corrected chi connectivity index (χ3v) is 2.89. The van der Waals surface area contributed by atoms with Gasteiger partial charge in [-0.1, -0.05) is 12.1 Å². The summed E-state index contributed by atoms with van der Waals surface area (Å²) in [5.74, 6) is 0.239. The van der Waals surface area contributed by atoms with Gasteiger partial charge in [0, 0.05) is 6.61 Å². The zero-order chi connectivity index (χ0) is 13.5. The highest BCUT2D eigenvalue weighted by Gasteiger charge is 2.16. The lowest BCUT2D eigenvalue weighted by Crippen LogP contribution is -2.42. The number of carbonyl (C=O) groups excluding carboxylic acids is 1. The van der Waals surface area contributed by atoms with Crippen molar-refractivity contribution < 1.29 is 14.3 Å². The number of para-hydroxylation sites is 1. The number of carbonyl (C=O) groups is 1. The maximum Gasteiger partial charge on any atom is 0.258 e. The Balaban J connectivity index is 1.81. The molecule has 1 amide bonds. The van der Waals surface area contributed by atoms with Crippen molar-refractivity contribution in [2.75, 3.05) is 19.8 Å². The molecule has 5 heteroatoms. The van der Waals surface area contributed by atoms with Crippen LogP contribution >= 0.6 is 0 Å². The number of nitriles is 1. The average Bonchev–Trinajstić information content (AvgIpc) is 2.46. The van der Waals surface area contributed by atoms with Crippen molar-refractivity contribution in [2.24, 2.45) is 0 Å². The van der Waals surface area contributed by atoms with Crippen LogP contribution in [-0.4, -0.2) is 31.8 Å². The van der Waals surface area contributed by atoms with Gasteiger partial charge < -0.3 is 14.8 Å². The Morgan fingerprint density at radius 3 is 3.11 bits per heavy atom. The Kier molecular flexibility index (Phi) is 4.76. The SMILES string of the molecule is N#Cc1ccccc1OCC(=O)NC1CCCOC1. The molecule has 1 aromatic carbocycles. The predicted octanol–water partition coefficient (Wildman–Crippen LogP) is 1.23. The first-order valence-electron chi connectivity index (χ1n) is 6.28. The van der Waals surface area contributed by atoms with Gasteiger partial charge in [-0.2, -0.15) is 5.26 Å². The second-order valence-corrected chi connectivity index (χ2v) is 4.38. The number of amides is 1. The molecule has 1 aliphatic rings. The fourth-order valence-electron chi connectivity index (χ4n) is 1.95. The van der Waals surface area contributed by atoms with Gasteiger partial charge in [0.05, 0.1) is 18.2 Å². The van der Waals surface area contributed by atoms with Gasteiger partial charge in [-0.05, 0) is 25.0 Å². The molecule has 1 fully saturated rings. The van der Waals surface area contributed by atoms with Crippen molar-refractivity contribution in [3.8, 4) is 11.8 Å². The summed E-state index contributed by atoms with van der Waals surface area (Å²) in [6.45, 7) is 1.23. The molecule has 1 aromatic rings. The van der Waals surface area contributed by atoms with Crippen molar-refractivity contribution in [1.82, 2.24) is 5.32 Å². The molecule has 19 heavy (non-hydrogen) atoms. The van der Waals surface area contributed by atoms with E-state index in [0.717, 1.165) is 19.4 Å². The zero-order valence-corrected chi connectivity index (χ0v) is 10.6. The van der Waals surface area contributed by atoms with E-state index in [2.05, 4.69) is 5.32 Å². The number of rotatable bonds is 4. The first kappa shape index (κ1) is 13.4. The number of benzene rings is 1. The minimum Gasteiger partial charge on any atom is -0.482 e. The molecule has 1 unspecified atom stereocenters. The van der Waals surface area contributed by atoms with E-state index in [-0.39, 0.29) is 18.6 Å². The van der Waals surface area contributed by atoms with Crippen LogP contribution in [0, 0.1) is 11.3 Å². The van der Waals surface area contributed by atoms with Crippen LogP contribution < -0.4 is 10.1 Å². The van der Waals surface area contributed by atoms with E-state index < -0.39 is 0 Å². The molecule has 0 bridgehead atoms. The molecule has 2 rings (SSSR count).